The summed E-state index contributed by atoms with van der Waals surface area (Å²) in [7, 11) is 0. The maximum atomic E-state index is 12.0. The van der Waals surface area contributed by atoms with Crippen LogP contribution in [0.3, 0.4) is 0 Å². The molecule has 2 aliphatic heterocycles. The van der Waals surface area contributed by atoms with Crippen molar-refractivity contribution in [2.45, 2.75) is 50.4 Å². The molecule has 0 spiro atoms. The van der Waals surface area contributed by atoms with Crippen molar-refractivity contribution in [2.24, 2.45) is 0 Å². The summed E-state index contributed by atoms with van der Waals surface area (Å²) in [4.78, 5) is 22.7. The van der Waals surface area contributed by atoms with Gasteiger partial charge in [0.05, 0.1) is 12.1 Å². The second kappa shape index (κ2) is 5.24. The molecule has 102 valence electrons. The van der Waals surface area contributed by atoms with E-state index in [4.69, 9.17) is 14.6 Å². The highest BCUT2D eigenvalue weighted by Gasteiger charge is 2.38. The van der Waals surface area contributed by atoms with Crippen LogP contribution in [0.2, 0.25) is 0 Å². The summed E-state index contributed by atoms with van der Waals surface area (Å²) in [6, 6.07) is 0. The maximum absolute atomic E-state index is 12.0. The summed E-state index contributed by atoms with van der Waals surface area (Å²) in [6.07, 6.45) is 1.13. The summed E-state index contributed by atoms with van der Waals surface area (Å²) in [6.45, 7) is 3.16. The Hall–Kier alpha value is -1.14. The summed E-state index contributed by atoms with van der Waals surface area (Å²) in [5, 5.41) is 11.7. The molecule has 18 heavy (non-hydrogen) atoms. The predicted molar refractivity (Wildman–Crippen MR) is 62.1 cm³/mol. The average molecular weight is 257 g/mol. The van der Waals surface area contributed by atoms with Crippen molar-refractivity contribution >= 4 is 11.9 Å². The predicted octanol–water partition coefficient (Wildman–Crippen LogP) is 0.304. The molecule has 2 N–H and O–H groups in total. The third-order valence-electron chi connectivity index (χ3n) is 3.45. The number of hydrogen-bond donors (Lipinski definition) is 2. The maximum Gasteiger partial charge on any atom is 0.332 e. The zero-order valence-electron chi connectivity index (χ0n) is 10.5. The SMILES string of the molecule is CC1(NC(=O)C2CCC(C(=O)O)O2)CCCOC1. The summed E-state index contributed by atoms with van der Waals surface area (Å²) in [5.74, 6) is -1.23. The molecule has 0 saturated carbocycles. The fraction of sp³-hybridized carbons (Fsp3) is 0.833. The standard InChI is InChI=1S/C12H19NO5/c1-12(5-2-6-17-7-12)13-10(14)8-3-4-9(18-8)11(15)16/h8-9H,2-7H2,1H3,(H,13,14)(H,15,16). The molecule has 3 atom stereocenters. The zero-order chi connectivity index (χ0) is 13.2. The zero-order valence-corrected chi connectivity index (χ0v) is 10.5. The minimum absolute atomic E-state index is 0.230. The first-order valence-corrected chi connectivity index (χ1v) is 6.28. The number of carbonyl (C=O) groups is 2. The van der Waals surface area contributed by atoms with Gasteiger partial charge in [0.25, 0.3) is 0 Å². The summed E-state index contributed by atoms with van der Waals surface area (Å²) < 4.78 is 10.6. The van der Waals surface area contributed by atoms with Crippen molar-refractivity contribution in [3.8, 4) is 0 Å². The lowest BCUT2D eigenvalue weighted by atomic mass is 9.94. The van der Waals surface area contributed by atoms with Gasteiger partial charge in [-0.05, 0) is 32.6 Å². The molecule has 0 aromatic rings. The van der Waals surface area contributed by atoms with Gasteiger partial charge in [0.2, 0.25) is 5.91 Å². The van der Waals surface area contributed by atoms with Crippen LogP contribution in [0.25, 0.3) is 0 Å². The van der Waals surface area contributed by atoms with E-state index in [1.807, 2.05) is 6.92 Å². The molecule has 6 heteroatoms. The normalized spacial score (nSPS) is 36.3. The molecule has 2 rings (SSSR count). The van der Waals surface area contributed by atoms with Crippen LogP contribution in [0.4, 0.5) is 0 Å². The van der Waals surface area contributed by atoms with Gasteiger partial charge in [-0.1, -0.05) is 0 Å². The fourth-order valence-corrected chi connectivity index (χ4v) is 2.42. The Bertz CT molecular complexity index is 337. The van der Waals surface area contributed by atoms with E-state index in [1.165, 1.54) is 0 Å². The number of carbonyl (C=O) groups excluding carboxylic acids is 1. The van der Waals surface area contributed by atoms with Gasteiger partial charge in [0.1, 0.15) is 6.10 Å². The molecule has 0 aromatic heterocycles. The molecule has 0 bridgehead atoms. The largest absolute Gasteiger partial charge is 0.479 e. The number of ether oxygens (including phenoxy) is 2. The van der Waals surface area contributed by atoms with Crippen LogP contribution in [-0.4, -0.2) is 47.9 Å². The lowest BCUT2D eigenvalue weighted by molar-refractivity contribution is -0.152. The summed E-state index contributed by atoms with van der Waals surface area (Å²) in [5.41, 5.74) is -0.361. The molecule has 2 saturated heterocycles. The quantitative estimate of drug-likeness (QED) is 0.759. The molecule has 0 radical (unpaired) electrons. The van der Waals surface area contributed by atoms with Gasteiger partial charge in [-0.2, -0.15) is 0 Å². The van der Waals surface area contributed by atoms with Crippen LogP contribution in [0.1, 0.15) is 32.6 Å². The molecule has 0 aliphatic carbocycles. The van der Waals surface area contributed by atoms with Crippen molar-refractivity contribution in [3.63, 3.8) is 0 Å². The monoisotopic (exact) mass is 257 g/mol. The number of nitrogens with one attached hydrogen (secondary N) is 1. The lowest BCUT2D eigenvalue weighted by Crippen LogP contribution is -2.54. The molecule has 3 unspecified atom stereocenters. The molecular weight excluding hydrogens is 238 g/mol. The first-order valence-electron chi connectivity index (χ1n) is 6.28. The van der Waals surface area contributed by atoms with Gasteiger partial charge in [-0.3, -0.25) is 4.79 Å². The van der Waals surface area contributed by atoms with Crippen LogP contribution in [0.15, 0.2) is 0 Å². The van der Waals surface area contributed by atoms with Crippen LogP contribution < -0.4 is 5.32 Å². The number of amides is 1. The Morgan fingerprint density at radius 1 is 1.33 bits per heavy atom. The summed E-state index contributed by atoms with van der Waals surface area (Å²) >= 11 is 0. The van der Waals surface area contributed by atoms with Gasteiger partial charge >= 0.3 is 5.97 Å². The molecule has 2 fully saturated rings. The number of hydrogen-bond acceptors (Lipinski definition) is 4. The van der Waals surface area contributed by atoms with Gasteiger partial charge in [0, 0.05) is 6.61 Å². The third kappa shape index (κ3) is 3.00. The van der Waals surface area contributed by atoms with Crippen molar-refractivity contribution < 1.29 is 24.2 Å². The topological polar surface area (TPSA) is 84.9 Å². The Morgan fingerprint density at radius 2 is 2.06 bits per heavy atom. The van der Waals surface area contributed by atoms with E-state index in [0.717, 1.165) is 19.4 Å². The Balaban J connectivity index is 1.87. The smallest absolute Gasteiger partial charge is 0.332 e. The molecule has 2 heterocycles. The Labute approximate surface area is 106 Å². The van der Waals surface area contributed by atoms with Crippen molar-refractivity contribution in [2.75, 3.05) is 13.2 Å². The molecule has 6 nitrogen and oxygen atoms in total. The molecule has 0 aromatic carbocycles. The number of carboxylic acid groups (broad SMARTS) is 1. The lowest BCUT2D eigenvalue weighted by Gasteiger charge is -2.35. The van der Waals surface area contributed by atoms with Gasteiger partial charge in [-0.15, -0.1) is 0 Å². The highest BCUT2D eigenvalue weighted by molar-refractivity contribution is 5.83. The van der Waals surface area contributed by atoms with Gasteiger partial charge in [0.15, 0.2) is 6.10 Å². The van der Waals surface area contributed by atoms with Gasteiger partial charge < -0.3 is 19.9 Å². The first-order chi connectivity index (χ1) is 8.50. The third-order valence-corrected chi connectivity index (χ3v) is 3.45. The fourth-order valence-electron chi connectivity index (χ4n) is 2.42. The van der Waals surface area contributed by atoms with E-state index in [1.54, 1.807) is 0 Å². The molecule has 1 amide bonds. The van der Waals surface area contributed by atoms with Crippen LogP contribution in [0.5, 0.6) is 0 Å². The van der Waals surface area contributed by atoms with Crippen LogP contribution in [-0.2, 0) is 19.1 Å². The Morgan fingerprint density at radius 3 is 2.61 bits per heavy atom. The van der Waals surface area contributed by atoms with Crippen molar-refractivity contribution in [3.05, 3.63) is 0 Å². The van der Waals surface area contributed by atoms with Crippen molar-refractivity contribution in [1.29, 1.82) is 0 Å². The number of aliphatic carboxylic acids is 1. The number of carboxylic acids is 1. The van der Waals surface area contributed by atoms with Crippen LogP contribution in [0, 0.1) is 0 Å². The second-order valence-electron chi connectivity index (χ2n) is 5.24. The minimum Gasteiger partial charge on any atom is -0.479 e. The van der Waals surface area contributed by atoms with Gasteiger partial charge in [-0.25, -0.2) is 4.79 Å². The highest BCUT2D eigenvalue weighted by Crippen LogP contribution is 2.23. The number of rotatable bonds is 3. The van der Waals surface area contributed by atoms with E-state index in [2.05, 4.69) is 5.32 Å². The minimum atomic E-state index is -1.00. The Kier molecular flexibility index (Phi) is 3.87. The van der Waals surface area contributed by atoms with E-state index >= 15 is 0 Å². The molecular formula is C12H19NO5. The highest BCUT2D eigenvalue weighted by atomic mass is 16.5. The average Bonchev–Trinajstić information content (AvgIpc) is 2.78. The van der Waals surface area contributed by atoms with E-state index in [9.17, 15) is 9.59 Å². The van der Waals surface area contributed by atoms with Crippen molar-refractivity contribution in [1.82, 2.24) is 5.32 Å². The molecule has 2 aliphatic rings. The van der Waals surface area contributed by atoms with E-state index in [-0.39, 0.29) is 11.4 Å². The first kappa shape index (κ1) is 13.3. The van der Waals surface area contributed by atoms with Crippen LogP contribution >= 0.6 is 0 Å². The second-order valence-corrected chi connectivity index (χ2v) is 5.24. The van der Waals surface area contributed by atoms with E-state index in [0.29, 0.717) is 19.4 Å². The van der Waals surface area contributed by atoms with E-state index < -0.39 is 18.2 Å².